The lowest BCUT2D eigenvalue weighted by atomic mass is 9.80. The minimum Gasteiger partial charge on any atom is -0.507 e. The highest BCUT2D eigenvalue weighted by Gasteiger charge is 2.44. The summed E-state index contributed by atoms with van der Waals surface area (Å²) in [5, 5.41) is 19.5. The first-order chi connectivity index (χ1) is 10.9. The number of phenols is 1. The molecule has 1 unspecified atom stereocenters. The van der Waals surface area contributed by atoms with Crippen molar-refractivity contribution >= 4 is 11.9 Å². The zero-order valence-electron chi connectivity index (χ0n) is 13.2. The Bertz CT molecular complexity index is 598. The van der Waals surface area contributed by atoms with Gasteiger partial charge in [0.25, 0.3) is 5.91 Å². The van der Waals surface area contributed by atoms with Gasteiger partial charge in [-0.1, -0.05) is 0 Å². The Balaban J connectivity index is 2.27. The number of likely N-dealkylation sites (tertiary alicyclic amines) is 1. The summed E-state index contributed by atoms with van der Waals surface area (Å²) < 4.78 is 10.1. The Labute approximate surface area is 134 Å². The van der Waals surface area contributed by atoms with Crippen LogP contribution in [0.25, 0.3) is 0 Å². The molecule has 1 aliphatic heterocycles. The summed E-state index contributed by atoms with van der Waals surface area (Å²) in [5.74, 6) is -1.10. The Morgan fingerprint density at radius 3 is 2.70 bits per heavy atom. The second kappa shape index (κ2) is 6.87. The fourth-order valence-corrected chi connectivity index (χ4v) is 2.92. The number of methoxy groups -OCH3 is 2. The number of amides is 1. The van der Waals surface area contributed by atoms with Crippen LogP contribution in [0, 0.1) is 5.41 Å². The second-order valence-corrected chi connectivity index (χ2v) is 5.73. The number of ether oxygens (including phenoxy) is 2. The Kier molecular flexibility index (Phi) is 5.10. The monoisotopic (exact) mass is 323 g/mol. The highest BCUT2D eigenvalue weighted by Crippen LogP contribution is 2.33. The molecule has 0 spiro atoms. The van der Waals surface area contributed by atoms with Crippen LogP contribution in [-0.2, 0) is 9.53 Å². The largest absolute Gasteiger partial charge is 0.507 e. The van der Waals surface area contributed by atoms with Crippen LogP contribution >= 0.6 is 0 Å². The number of carbonyl (C=O) groups excluding carboxylic acids is 1. The molecule has 0 radical (unpaired) electrons. The van der Waals surface area contributed by atoms with Gasteiger partial charge in [0.05, 0.1) is 19.3 Å². The van der Waals surface area contributed by atoms with E-state index in [4.69, 9.17) is 9.47 Å². The van der Waals surface area contributed by atoms with Gasteiger partial charge in [-0.05, 0) is 31.0 Å². The number of aliphatic carboxylic acids is 1. The van der Waals surface area contributed by atoms with Gasteiger partial charge >= 0.3 is 5.97 Å². The van der Waals surface area contributed by atoms with Crippen molar-refractivity contribution in [1.82, 2.24) is 4.90 Å². The number of hydrogen-bond donors (Lipinski definition) is 2. The zero-order valence-corrected chi connectivity index (χ0v) is 13.2. The van der Waals surface area contributed by atoms with Crippen molar-refractivity contribution in [1.29, 1.82) is 0 Å². The number of rotatable bonds is 5. The number of phenolic OH excluding ortho intramolecular Hbond substituents is 1. The van der Waals surface area contributed by atoms with E-state index < -0.39 is 17.3 Å². The number of benzene rings is 1. The SMILES string of the molecule is COCC1(C(=O)O)CCCN(C(=O)c2cc(OC)ccc2O)C1. The van der Waals surface area contributed by atoms with Crippen molar-refractivity contribution < 1.29 is 29.3 Å². The number of nitrogens with zero attached hydrogens (tertiary/aromatic N) is 1. The van der Waals surface area contributed by atoms with Crippen LogP contribution in [0.4, 0.5) is 0 Å². The van der Waals surface area contributed by atoms with Gasteiger partial charge in [0.15, 0.2) is 0 Å². The smallest absolute Gasteiger partial charge is 0.313 e. The van der Waals surface area contributed by atoms with Crippen LogP contribution in [0.15, 0.2) is 18.2 Å². The quantitative estimate of drug-likeness (QED) is 0.849. The van der Waals surface area contributed by atoms with Gasteiger partial charge in [-0.25, -0.2) is 0 Å². The van der Waals surface area contributed by atoms with Gasteiger partial charge in [-0.15, -0.1) is 0 Å². The summed E-state index contributed by atoms with van der Waals surface area (Å²) >= 11 is 0. The molecule has 0 aromatic heterocycles. The third-order valence-corrected chi connectivity index (χ3v) is 4.17. The van der Waals surface area contributed by atoms with Gasteiger partial charge in [0.2, 0.25) is 0 Å². The molecule has 1 atom stereocenters. The van der Waals surface area contributed by atoms with Crippen molar-refractivity contribution in [3.63, 3.8) is 0 Å². The van der Waals surface area contributed by atoms with Gasteiger partial charge in [0, 0.05) is 20.2 Å². The van der Waals surface area contributed by atoms with E-state index in [-0.39, 0.29) is 24.5 Å². The fraction of sp³-hybridized carbons (Fsp3) is 0.500. The molecule has 7 heteroatoms. The first-order valence-electron chi connectivity index (χ1n) is 7.32. The van der Waals surface area contributed by atoms with Crippen LogP contribution in [0.5, 0.6) is 11.5 Å². The summed E-state index contributed by atoms with van der Waals surface area (Å²) in [7, 11) is 2.91. The lowest BCUT2D eigenvalue weighted by Gasteiger charge is -2.39. The van der Waals surface area contributed by atoms with Crippen molar-refractivity contribution in [2.45, 2.75) is 12.8 Å². The normalized spacial score (nSPS) is 21.0. The lowest BCUT2D eigenvalue weighted by Crippen LogP contribution is -2.52. The Morgan fingerprint density at radius 1 is 1.35 bits per heavy atom. The Hall–Kier alpha value is -2.28. The molecule has 0 saturated carbocycles. The van der Waals surface area contributed by atoms with Crippen molar-refractivity contribution in [2.75, 3.05) is 33.9 Å². The highest BCUT2D eigenvalue weighted by molar-refractivity contribution is 5.97. The first kappa shape index (κ1) is 17.1. The summed E-state index contributed by atoms with van der Waals surface area (Å²) in [6, 6.07) is 4.38. The van der Waals surface area contributed by atoms with E-state index in [2.05, 4.69) is 0 Å². The van der Waals surface area contributed by atoms with Gasteiger partial charge in [0.1, 0.15) is 16.9 Å². The maximum atomic E-state index is 12.7. The van der Waals surface area contributed by atoms with E-state index in [9.17, 15) is 19.8 Å². The van der Waals surface area contributed by atoms with E-state index in [0.29, 0.717) is 25.1 Å². The third-order valence-electron chi connectivity index (χ3n) is 4.17. The minimum atomic E-state index is -1.11. The molecule has 1 heterocycles. The number of aromatic hydroxyl groups is 1. The van der Waals surface area contributed by atoms with Crippen LogP contribution in [0.1, 0.15) is 23.2 Å². The van der Waals surface area contributed by atoms with Gasteiger partial charge in [-0.3, -0.25) is 9.59 Å². The van der Waals surface area contributed by atoms with Crippen LogP contribution < -0.4 is 4.74 Å². The second-order valence-electron chi connectivity index (χ2n) is 5.73. The van der Waals surface area contributed by atoms with E-state index >= 15 is 0 Å². The molecule has 1 saturated heterocycles. The molecule has 1 aromatic rings. The standard InChI is InChI=1S/C16H21NO6/c1-22-10-16(15(20)21)6-3-7-17(9-16)14(19)12-8-11(23-2)4-5-13(12)18/h4-5,8,18H,3,6-7,9-10H2,1-2H3,(H,20,21). The van der Waals surface area contributed by atoms with E-state index in [1.807, 2.05) is 0 Å². The van der Waals surface area contributed by atoms with Crippen LogP contribution in [0.3, 0.4) is 0 Å². The minimum absolute atomic E-state index is 0.0379. The molecule has 1 amide bonds. The molecule has 0 bridgehead atoms. The van der Waals surface area contributed by atoms with E-state index in [1.165, 1.54) is 31.3 Å². The number of carbonyl (C=O) groups is 2. The number of piperidine rings is 1. The molecule has 126 valence electrons. The molecule has 2 N–H and O–H groups in total. The summed E-state index contributed by atoms with van der Waals surface area (Å²) in [5.41, 5.74) is -1.01. The zero-order chi connectivity index (χ0) is 17.0. The van der Waals surface area contributed by atoms with E-state index in [1.54, 1.807) is 6.07 Å². The molecule has 2 rings (SSSR count). The number of carboxylic acid groups (broad SMARTS) is 1. The molecule has 23 heavy (non-hydrogen) atoms. The maximum Gasteiger partial charge on any atom is 0.313 e. The maximum absolute atomic E-state index is 12.7. The summed E-state index contributed by atoms with van der Waals surface area (Å²) in [6.45, 7) is 0.524. The fourth-order valence-electron chi connectivity index (χ4n) is 2.92. The first-order valence-corrected chi connectivity index (χ1v) is 7.32. The highest BCUT2D eigenvalue weighted by atomic mass is 16.5. The average Bonchev–Trinajstić information content (AvgIpc) is 2.55. The molecular formula is C16H21NO6. The average molecular weight is 323 g/mol. The molecule has 1 aromatic carbocycles. The Morgan fingerprint density at radius 2 is 2.09 bits per heavy atom. The summed E-state index contributed by atoms with van der Waals surface area (Å²) in [4.78, 5) is 25.8. The number of carboxylic acids is 1. The van der Waals surface area contributed by atoms with Crippen molar-refractivity contribution in [2.24, 2.45) is 5.41 Å². The molecule has 0 aliphatic carbocycles. The lowest BCUT2D eigenvalue weighted by molar-refractivity contribution is -0.155. The van der Waals surface area contributed by atoms with E-state index in [0.717, 1.165) is 0 Å². The van der Waals surface area contributed by atoms with Gasteiger partial charge in [-0.2, -0.15) is 0 Å². The molecule has 1 fully saturated rings. The van der Waals surface area contributed by atoms with Crippen molar-refractivity contribution in [3.05, 3.63) is 23.8 Å². The predicted octanol–water partition coefficient (Wildman–Crippen LogP) is 1.35. The summed E-state index contributed by atoms with van der Waals surface area (Å²) in [6.07, 6.45) is 1.01. The van der Waals surface area contributed by atoms with Crippen molar-refractivity contribution in [3.8, 4) is 11.5 Å². The van der Waals surface area contributed by atoms with Gasteiger partial charge < -0.3 is 24.6 Å². The molecule has 1 aliphatic rings. The topological polar surface area (TPSA) is 96.3 Å². The predicted molar refractivity (Wildman–Crippen MR) is 81.7 cm³/mol. The number of hydrogen-bond acceptors (Lipinski definition) is 5. The third kappa shape index (κ3) is 3.39. The van der Waals surface area contributed by atoms with Crippen LogP contribution in [0.2, 0.25) is 0 Å². The van der Waals surface area contributed by atoms with Crippen LogP contribution in [-0.4, -0.2) is 60.9 Å². The molecular weight excluding hydrogens is 302 g/mol. The molecule has 7 nitrogen and oxygen atoms in total.